The van der Waals surface area contributed by atoms with Gasteiger partial charge in [0, 0.05) is 31.7 Å². The Balaban J connectivity index is 2.00. The van der Waals surface area contributed by atoms with E-state index in [4.69, 9.17) is 18.0 Å². The molecule has 5 nitrogen and oxygen atoms in total. The first-order chi connectivity index (χ1) is 9.16. The van der Waals surface area contributed by atoms with Crippen LogP contribution in [0.15, 0.2) is 24.7 Å². The summed E-state index contributed by atoms with van der Waals surface area (Å²) in [5, 5.41) is 0. The summed E-state index contributed by atoms with van der Waals surface area (Å²) in [6, 6.07) is 1.93. The monoisotopic (exact) mass is 273 g/mol. The van der Waals surface area contributed by atoms with Crippen molar-refractivity contribution in [3.8, 4) is 0 Å². The van der Waals surface area contributed by atoms with Crippen LogP contribution in [0.25, 0.3) is 0 Å². The molecule has 1 aliphatic heterocycles. The van der Waals surface area contributed by atoms with Gasteiger partial charge in [0.1, 0.15) is 16.6 Å². The van der Waals surface area contributed by atoms with Crippen molar-refractivity contribution in [1.82, 2.24) is 14.5 Å². The first-order valence-electron chi connectivity index (χ1n) is 6.17. The van der Waals surface area contributed by atoms with Crippen LogP contribution < -0.4 is 10.6 Å². The van der Waals surface area contributed by atoms with E-state index in [9.17, 15) is 0 Å². The fourth-order valence-corrected chi connectivity index (χ4v) is 2.69. The Morgan fingerprint density at radius 3 is 2.95 bits per heavy atom. The maximum atomic E-state index is 5.84. The van der Waals surface area contributed by atoms with Gasteiger partial charge in [-0.3, -0.25) is 0 Å². The van der Waals surface area contributed by atoms with Gasteiger partial charge in [-0.25, -0.2) is 9.97 Å². The van der Waals surface area contributed by atoms with Crippen molar-refractivity contribution in [2.45, 2.75) is 20.0 Å². The van der Waals surface area contributed by atoms with Crippen molar-refractivity contribution in [2.24, 2.45) is 5.73 Å². The highest BCUT2D eigenvalue weighted by atomic mass is 32.1. The molecule has 0 radical (unpaired) electrons. The largest absolute Gasteiger partial charge is 0.389 e. The number of anilines is 1. The fraction of sp³-hybridized carbons (Fsp3) is 0.308. The lowest BCUT2D eigenvalue weighted by molar-refractivity contribution is 0.556. The molecule has 0 amide bonds. The van der Waals surface area contributed by atoms with Gasteiger partial charge in [0.2, 0.25) is 0 Å². The van der Waals surface area contributed by atoms with Gasteiger partial charge in [0.05, 0.1) is 12.1 Å². The standard InChI is InChI=1S/C13H15N5S/c1-9-2-3-16-13(11(9)12(14)19)18-7-6-17-5-4-15-10(17)8-18/h2-5H,6-8H2,1H3,(H2,14,19). The number of nitrogens with zero attached hydrogens (tertiary/aromatic N) is 4. The number of hydrogen-bond acceptors (Lipinski definition) is 4. The van der Waals surface area contributed by atoms with E-state index in [1.54, 1.807) is 6.20 Å². The van der Waals surface area contributed by atoms with Crippen LogP contribution >= 0.6 is 12.2 Å². The Bertz CT molecular complexity index is 634. The predicted molar refractivity (Wildman–Crippen MR) is 78.1 cm³/mol. The molecular weight excluding hydrogens is 258 g/mol. The fourth-order valence-electron chi connectivity index (χ4n) is 2.44. The first kappa shape index (κ1) is 12.1. The molecule has 3 rings (SSSR count). The highest BCUT2D eigenvalue weighted by molar-refractivity contribution is 7.80. The van der Waals surface area contributed by atoms with E-state index in [0.29, 0.717) is 4.99 Å². The smallest absolute Gasteiger partial charge is 0.139 e. The normalized spacial score (nSPS) is 14.3. The van der Waals surface area contributed by atoms with Gasteiger partial charge >= 0.3 is 0 Å². The van der Waals surface area contributed by atoms with Gasteiger partial charge in [0.25, 0.3) is 0 Å². The lowest BCUT2D eigenvalue weighted by Crippen LogP contribution is -2.35. The van der Waals surface area contributed by atoms with E-state index < -0.39 is 0 Å². The Morgan fingerprint density at radius 2 is 2.16 bits per heavy atom. The molecule has 98 valence electrons. The molecule has 2 aromatic heterocycles. The molecular formula is C13H15N5S. The summed E-state index contributed by atoms with van der Waals surface area (Å²) in [4.78, 5) is 11.4. The Hall–Kier alpha value is -1.95. The second kappa shape index (κ2) is 4.62. The SMILES string of the molecule is Cc1ccnc(N2CCn3ccnc3C2)c1C(N)=S. The number of imidazole rings is 1. The van der Waals surface area contributed by atoms with Crippen molar-refractivity contribution in [3.05, 3.63) is 41.6 Å². The number of fused-ring (bicyclic) bond motifs is 1. The van der Waals surface area contributed by atoms with Crippen molar-refractivity contribution in [2.75, 3.05) is 11.4 Å². The molecule has 0 spiro atoms. The minimum atomic E-state index is 0.398. The molecule has 0 fully saturated rings. The Kier molecular flexibility index (Phi) is 2.94. The van der Waals surface area contributed by atoms with Crippen LogP contribution in [0.1, 0.15) is 17.0 Å². The number of aryl methyl sites for hydroxylation is 1. The summed E-state index contributed by atoms with van der Waals surface area (Å²) in [5.41, 5.74) is 7.77. The van der Waals surface area contributed by atoms with E-state index in [2.05, 4.69) is 19.4 Å². The number of nitrogens with two attached hydrogens (primary N) is 1. The lowest BCUT2D eigenvalue weighted by atomic mass is 10.1. The predicted octanol–water partition coefficient (Wildman–Crippen LogP) is 1.24. The summed E-state index contributed by atoms with van der Waals surface area (Å²) < 4.78 is 2.16. The van der Waals surface area contributed by atoms with Gasteiger partial charge in [-0.15, -0.1) is 0 Å². The van der Waals surface area contributed by atoms with Crippen LogP contribution in [-0.4, -0.2) is 26.1 Å². The highest BCUT2D eigenvalue weighted by Gasteiger charge is 2.21. The van der Waals surface area contributed by atoms with Crippen LogP contribution in [0.5, 0.6) is 0 Å². The first-order valence-corrected chi connectivity index (χ1v) is 6.58. The molecule has 0 aromatic carbocycles. The van der Waals surface area contributed by atoms with Crippen LogP contribution in [0.3, 0.4) is 0 Å². The number of pyridine rings is 1. The average molecular weight is 273 g/mol. The van der Waals surface area contributed by atoms with E-state index >= 15 is 0 Å². The van der Waals surface area contributed by atoms with Crippen molar-refractivity contribution < 1.29 is 0 Å². The number of aromatic nitrogens is 3. The summed E-state index contributed by atoms with van der Waals surface area (Å²) in [6.45, 7) is 4.53. The molecule has 3 heterocycles. The zero-order chi connectivity index (χ0) is 13.4. The van der Waals surface area contributed by atoms with Crippen molar-refractivity contribution >= 4 is 23.0 Å². The number of thiocarbonyl (C=S) groups is 1. The van der Waals surface area contributed by atoms with E-state index in [-0.39, 0.29) is 0 Å². The van der Waals surface area contributed by atoms with Crippen LogP contribution in [0.4, 0.5) is 5.82 Å². The molecule has 0 bridgehead atoms. The van der Waals surface area contributed by atoms with Gasteiger partial charge in [-0.05, 0) is 18.6 Å². The molecule has 0 atom stereocenters. The Labute approximate surface area is 117 Å². The topological polar surface area (TPSA) is 60.0 Å². The van der Waals surface area contributed by atoms with Gasteiger partial charge in [-0.2, -0.15) is 0 Å². The summed E-state index contributed by atoms with van der Waals surface area (Å²) in [5.74, 6) is 1.91. The minimum Gasteiger partial charge on any atom is -0.389 e. The second-order valence-electron chi connectivity index (χ2n) is 4.65. The quantitative estimate of drug-likeness (QED) is 0.834. The molecule has 0 saturated carbocycles. The lowest BCUT2D eigenvalue weighted by Gasteiger charge is -2.30. The third kappa shape index (κ3) is 2.08. The van der Waals surface area contributed by atoms with Gasteiger partial charge < -0.3 is 15.2 Å². The molecule has 2 aromatic rings. The zero-order valence-corrected chi connectivity index (χ0v) is 11.5. The maximum absolute atomic E-state index is 5.84. The number of hydrogen-bond donors (Lipinski definition) is 1. The third-order valence-electron chi connectivity index (χ3n) is 3.43. The van der Waals surface area contributed by atoms with E-state index in [1.807, 2.05) is 25.4 Å². The summed E-state index contributed by atoms with van der Waals surface area (Å²) in [6.07, 6.45) is 5.63. The average Bonchev–Trinajstić information content (AvgIpc) is 2.85. The summed E-state index contributed by atoms with van der Waals surface area (Å²) >= 11 is 5.16. The van der Waals surface area contributed by atoms with Crippen LogP contribution in [-0.2, 0) is 13.1 Å². The maximum Gasteiger partial charge on any atom is 0.139 e. The summed E-state index contributed by atoms with van der Waals surface area (Å²) in [7, 11) is 0. The molecule has 0 saturated heterocycles. The minimum absolute atomic E-state index is 0.398. The molecule has 0 aliphatic carbocycles. The van der Waals surface area contributed by atoms with Crippen LogP contribution in [0.2, 0.25) is 0 Å². The van der Waals surface area contributed by atoms with E-state index in [0.717, 1.165) is 42.4 Å². The molecule has 19 heavy (non-hydrogen) atoms. The molecule has 1 aliphatic rings. The van der Waals surface area contributed by atoms with Gasteiger partial charge in [-0.1, -0.05) is 12.2 Å². The van der Waals surface area contributed by atoms with Crippen LogP contribution in [0, 0.1) is 6.92 Å². The molecule has 0 unspecified atom stereocenters. The zero-order valence-electron chi connectivity index (χ0n) is 10.7. The molecule has 6 heteroatoms. The Morgan fingerprint density at radius 1 is 1.32 bits per heavy atom. The van der Waals surface area contributed by atoms with Crippen molar-refractivity contribution in [3.63, 3.8) is 0 Å². The van der Waals surface area contributed by atoms with Crippen molar-refractivity contribution in [1.29, 1.82) is 0 Å². The second-order valence-corrected chi connectivity index (χ2v) is 5.09. The number of rotatable bonds is 2. The third-order valence-corrected chi connectivity index (χ3v) is 3.63. The van der Waals surface area contributed by atoms with Gasteiger partial charge in [0.15, 0.2) is 0 Å². The van der Waals surface area contributed by atoms with E-state index in [1.165, 1.54) is 0 Å². The highest BCUT2D eigenvalue weighted by Crippen LogP contribution is 2.24. The molecule has 2 N–H and O–H groups in total.